The lowest BCUT2D eigenvalue weighted by Gasteiger charge is -2.38. The van der Waals surface area contributed by atoms with Crippen LogP contribution in [0, 0.1) is 11.8 Å². The van der Waals surface area contributed by atoms with Gasteiger partial charge in [0.05, 0.1) is 11.8 Å². The highest BCUT2D eigenvalue weighted by atomic mass is 35.5. The van der Waals surface area contributed by atoms with E-state index < -0.39 is 11.9 Å². The van der Waals surface area contributed by atoms with Gasteiger partial charge in [-0.3, -0.25) is 9.59 Å². The molecule has 0 aliphatic heterocycles. The van der Waals surface area contributed by atoms with Crippen LogP contribution in [0.2, 0.25) is 5.02 Å². The SMILES string of the molecule is CC(C)N(Cc1cccc(Cl)c1)C(=O)C1CCC1C(=O)O. The molecular weight excluding hydrogens is 290 g/mol. The maximum absolute atomic E-state index is 12.6. The fourth-order valence-electron chi connectivity index (χ4n) is 2.65. The van der Waals surface area contributed by atoms with Gasteiger partial charge in [0.25, 0.3) is 0 Å². The van der Waals surface area contributed by atoms with Crippen LogP contribution < -0.4 is 0 Å². The minimum Gasteiger partial charge on any atom is -0.481 e. The van der Waals surface area contributed by atoms with Crippen molar-refractivity contribution < 1.29 is 14.7 Å². The van der Waals surface area contributed by atoms with Gasteiger partial charge in [0.15, 0.2) is 0 Å². The number of hydrogen-bond donors (Lipinski definition) is 1. The highest BCUT2D eigenvalue weighted by molar-refractivity contribution is 6.30. The smallest absolute Gasteiger partial charge is 0.307 e. The number of halogens is 1. The molecule has 1 aromatic carbocycles. The molecule has 0 radical (unpaired) electrons. The summed E-state index contributed by atoms with van der Waals surface area (Å²) in [6, 6.07) is 7.42. The van der Waals surface area contributed by atoms with Crippen LogP contribution >= 0.6 is 11.6 Å². The van der Waals surface area contributed by atoms with Crippen molar-refractivity contribution in [2.24, 2.45) is 11.8 Å². The molecule has 0 heterocycles. The minimum absolute atomic E-state index is 0.0199. The number of amides is 1. The average molecular weight is 310 g/mol. The number of hydrogen-bond acceptors (Lipinski definition) is 2. The van der Waals surface area contributed by atoms with Crippen molar-refractivity contribution in [1.82, 2.24) is 4.90 Å². The Morgan fingerprint density at radius 1 is 1.33 bits per heavy atom. The molecule has 1 fully saturated rings. The van der Waals surface area contributed by atoms with E-state index in [1.165, 1.54) is 0 Å². The molecular formula is C16H20ClNO3. The Kier molecular flexibility index (Phi) is 4.88. The van der Waals surface area contributed by atoms with Gasteiger partial charge in [-0.2, -0.15) is 0 Å². The molecule has 2 rings (SSSR count). The van der Waals surface area contributed by atoms with E-state index in [4.69, 9.17) is 16.7 Å². The highest BCUT2D eigenvalue weighted by Crippen LogP contribution is 2.36. The lowest BCUT2D eigenvalue weighted by molar-refractivity contribution is -0.157. The van der Waals surface area contributed by atoms with Crippen LogP contribution in [-0.2, 0) is 16.1 Å². The van der Waals surface area contributed by atoms with E-state index >= 15 is 0 Å². The van der Waals surface area contributed by atoms with Gasteiger partial charge in [-0.15, -0.1) is 0 Å². The zero-order chi connectivity index (χ0) is 15.6. The molecule has 1 saturated carbocycles. The van der Waals surface area contributed by atoms with Crippen LogP contribution in [0.15, 0.2) is 24.3 Å². The predicted octanol–water partition coefficient (Wildman–Crippen LogP) is 3.19. The summed E-state index contributed by atoms with van der Waals surface area (Å²) < 4.78 is 0. The number of carboxylic acid groups (broad SMARTS) is 1. The number of carbonyl (C=O) groups excluding carboxylic acids is 1. The van der Waals surface area contributed by atoms with Crippen LogP contribution in [-0.4, -0.2) is 27.9 Å². The second-order valence-corrected chi connectivity index (χ2v) is 6.25. The molecule has 4 nitrogen and oxygen atoms in total. The van der Waals surface area contributed by atoms with Gasteiger partial charge in [-0.05, 0) is 44.4 Å². The second kappa shape index (κ2) is 6.48. The Bertz CT molecular complexity index is 544. The van der Waals surface area contributed by atoms with Crippen molar-refractivity contribution in [2.45, 2.75) is 39.3 Å². The molecule has 1 aliphatic rings. The number of rotatable bonds is 5. The average Bonchev–Trinajstić information content (AvgIpc) is 2.33. The third kappa shape index (κ3) is 3.56. The van der Waals surface area contributed by atoms with E-state index in [0.717, 1.165) is 5.56 Å². The molecule has 0 bridgehead atoms. The fourth-order valence-corrected chi connectivity index (χ4v) is 2.86. The van der Waals surface area contributed by atoms with Crippen molar-refractivity contribution in [2.75, 3.05) is 0 Å². The van der Waals surface area contributed by atoms with Gasteiger partial charge in [0.1, 0.15) is 0 Å². The summed E-state index contributed by atoms with van der Waals surface area (Å²) in [5, 5.41) is 9.75. The first kappa shape index (κ1) is 15.8. The van der Waals surface area contributed by atoms with Gasteiger partial charge in [-0.25, -0.2) is 0 Å². The Labute approximate surface area is 129 Å². The largest absolute Gasteiger partial charge is 0.481 e. The van der Waals surface area contributed by atoms with Gasteiger partial charge < -0.3 is 10.0 Å². The molecule has 114 valence electrons. The van der Waals surface area contributed by atoms with Gasteiger partial charge in [0.2, 0.25) is 5.91 Å². The Balaban J connectivity index is 2.12. The third-order valence-electron chi connectivity index (χ3n) is 4.06. The summed E-state index contributed by atoms with van der Waals surface area (Å²) in [6.07, 6.45) is 1.25. The van der Waals surface area contributed by atoms with E-state index in [1.54, 1.807) is 11.0 Å². The number of nitrogens with zero attached hydrogens (tertiary/aromatic N) is 1. The van der Waals surface area contributed by atoms with Crippen molar-refractivity contribution in [3.8, 4) is 0 Å². The first-order valence-corrected chi connectivity index (χ1v) is 7.55. The summed E-state index contributed by atoms with van der Waals surface area (Å²) in [7, 11) is 0. The van der Waals surface area contributed by atoms with Crippen LogP contribution in [0.3, 0.4) is 0 Å². The summed E-state index contributed by atoms with van der Waals surface area (Å²) in [4.78, 5) is 25.4. The van der Waals surface area contributed by atoms with Gasteiger partial charge in [-0.1, -0.05) is 23.7 Å². The summed E-state index contributed by atoms with van der Waals surface area (Å²) in [5.41, 5.74) is 0.954. The third-order valence-corrected chi connectivity index (χ3v) is 4.29. The van der Waals surface area contributed by atoms with E-state index in [1.807, 2.05) is 32.0 Å². The number of aliphatic carboxylic acids is 1. The first-order chi connectivity index (χ1) is 9.90. The van der Waals surface area contributed by atoms with E-state index in [-0.39, 0.29) is 17.9 Å². The number of carboxylic acids is 1. The van der Waals surface area contributed by atoms with E-state index in [0.29, 0.717) is 24.4 Å². The minimum atomic E-state index is -0.869. The topological polar surface area (TPSA) is 57.6 Å². The molecule has 2 unspecified atom stereocenters. The Morgan fingerprint density at radius 3 is 2.48 bits per heavy atom. The molecule has 0 saturated heterocycles. The molecule has 21 heavy (non-hydrogen) atoms. The zero-order valence-corrected chi connectivity index (χ0v) is 13.0. The molecule has 1 N–H and O–H groups in total. The molecule has 1 amide bonds. The molecule has 1 aliphatic carbocycles. The monoisotopic (exact) mass is 309 g/mol. The maximum Gasteiger partial charge on any atom is 0.307 e. The molecule has 2 atom stereocenters. The Hall–Kier alpha value is -1.55. The van der Waals surface area contributed by atoms with Gasteiger partial charge in [0, 0.05) is 17.6 Å². The second-order valence-electron chi connectivity index (χ2n) is 5.82. The predicted molar refractivity (Wildman–Crippen MR) is 81.0 cm³/mol. The van der Waals surface area contributed by atoms with Crippen LogP contribution in [0.5, 0.6) is 0 Å². The molecule has 0 spiro atoms. The highest BCUT2D eigenvalue weighted by Gasteiger charge is 2.43. The van der Waals surface area contributed by atoms with Crippen molar-refractivity contribution in [1.29, 1.82) is 0 Å². The zero-order valence-electron chi connectivity index (χ0n) is 12.3. The first-order valence-electron chi connectivity index (χ1n) is 7.18. The van der Waals surface area contributed by atoms with Crippen molar-refractivity contribution >= 4 is 23.5 Å². The molecule has 1 aromatic rings. The fraction of sp³-hybridized carbons (Fsp3) is 0.500. The summed E-state index contributed by atoms with van der Waals surface area (Å²) >= 11 is 5.97. The van der Waals surface area contributed by atoms with Crippen LogP contribution in [0.1, 0.15) is 32.3 Å². The molecule has 0 aromatic heterocycles. The lowest BCUT2D eigenvalue weighted by atomic mass is 9.72. The quantitative estimate of drug-likeness (QED) is 0.908. The van der Waals surface area contributed by atoms with Crippen LogP contribution in [0.25, 0.3) is 0 Å². The number of carbonyl (C=O) groups is 2. The van der Waals surface area contributed by atoms with E-state index in [2.05, 4.69) is 0 Å². The normalized spacial score (nSPS) is 21.0. The van der Waals surface area contributed by atoms with Gasteiger partial charge >= 0.3 is 5.97 Å². The van der Waals surface area contributed by atoms with Crippen molar-refractivity contribution in [3.05, 3.63) is 34.9 Å². The number of benzene rings is 1. The molecule has 5 heteroatoms. The van der Waals surface area contributed by atoms with Crippen LogP contribution in [0.4, 0.5) is 0 Å². The summed E-state index contributed by atoms with van der Waals surface area (Å²) in [5.74, 6) is -1.85. The van der Waals surface area contributed by atoms with E-state index in [9.17, 15) is 9.59 Å². The maximum atomic E-state index is 12.6. The lowest BCUT2D eigenvalue weighted by Crippen LogP contribution is -2.48. The summed E-state index contributed by atoms with van der Waals surface area (Å²) in [6.45, 7) is 4.34. The standard InChI is InChI=1S/C16H20ClNO3/c1-10(2)18(9-11-4-3-5-12(17)8-11)15(19)13-6-7-14(13)16(20)21/h3-5,8,10,13-14H,6-7,9H2,1-2H3,(H,20,21). The Morgan fingerprint density at radius 2 is 2.00 bits per heavy atom. The van der Waals surface area contributed by atoms with Crippen molar-refractivity contribution in [3.63, 3.8) is 0 Å².